The lowest BCUT2D eigenvalue weighted by molar-refractivity contribution is 0.0531. The number of ether oxygens (including phenoxy) is 1. The molecule has 0 N–H and O–H groups in total. The summed E-state index contributed by atoms with van der Waals surface area (Å²) in [5, 5.41) is 5.38. The fourth-order valence-corrected chi connectivity index (χ4v) is 3.77. The Morgan fingerprint density at radius 3 is 3.00 bits per heavy atom. The van der Waals surface area contributed by atoms with E-state index >= 15 is 0 Å². The molecule has 1 saturated carbocycles. The van der Waals surface area contributed by atoms with Gasteiger partial charge in [0.25, 0.3) is 0 Å². The molecular formula is C17H17N3O2S. The van der Waals surface area contributed by atoms with Crippen molar-refractivity contribution in [3.05, 3.63) is 34.8 Å². The minimum atomic E-state index is -0.250. The van der Waals surface area contributed by atoms with Gasteiger partial charge in [0.1, 0.15) is 4.88 Å². The van der Waals surface area contributed by atoms with E-state index < -0.39 is 0 Å². The first-order valence-electron chi connectivity index (χ1n) is 7.78. The molecule has 4 rings (SSSR count). The molecule has 1 aliphatic carbocycles. The van der Waals surface area contributed by atoms with Crippen LogP contribution in [0.1, 0.15) is 40.9 Å². The van der Waals surface area contributed by atoms with E-state index in [2.05, 4.69) is 27.7 Å². The Morgan fingerprint density at radius 1 is 1.43 bits per heavy atom. The SMILES string of the molecule is CCOC(=O)c1snc(-c2ccc3cnn(C)c3c2)c1C1CC1. The maximum absolute atomic E-state index is 12.2. The van der Waals surface area contributed by atoms with Crippen LogP contribution in [0.2, 0.25) is 0 Å². The molecule has 3 aromatic rings. The van der Waals surface area contributed by atoms with Gasteiger partial charge in [0.2, 0.25) is 0 Å². The van der Waals surface area contributed by atoms with Crippen molar-refractivity contribution in [2.24, 2.45) is 7.05 Å². The molecule has 1 fully saturated rings. The van der Waals surface area contributed by atoms with Gasteiger partial charge in [-0.2, -0.15) is 9.47 Å². The van der Waals surface area contributed by atoms with Gasteiger partial charge in [-0.25, -0.2) is 4.79 Å². The molecule has 1 aromatic carbocycles. The number of fused-ring (bicyclic) bond motifs is 1. The first-order chi connectivity index (χ1) is 11.2. The normalized spacial score (nSPS) is 14.3. The predicted molar refractivity (Wildman–Crippen MR) is 89.8 cm³/mol. The molecule has 0 spiro atoms. The van der Waals surface area contributed by atoms with Crippen molar-refractivity contribution in [2.45, 2.75) is 25.7 Å². The number of aromatic nitrogens is 3. The number of hydrogen-bond acceptors (Lipinski definition) is 5. The van der Waals surface area contributed by atoms with Crippen LogP contribution in [0.15, 0.2) is 24.4 Å². The lowest BCUT2D eigenvalue weighted by Crippen LogP contribution is -2.05. The summed E-state index contributed by atoms with van der Waals surface area (Å²) in [6.45, 7) is 2.21. The molecule has 1 aliphatic rings. The second-order valence-electron chi connectivity index (χ2n) is 5.81. The van der Waals surface area contributed by atoms with Crippen LogP contribution in [-0.4, -0.2) is 26.7 Å². The Labute approximate surface area is 138 Å². The van der Waals surface area contributed by atoms with Crippen LogP contribution in [0.4, 0.5) is 0 Å². The van der Waals surface area contributed by atoms with Crippen molar-refractivity contribution >= 4 is 28.4 Å². The lowest BCUT2D eigenvalue weighted by Gasteiger charge is -2.05. The Bertz CT molecular complexity index is 893. The third kappa shape index (κ3) is 2.43. The number of esters is 1. The molecule has 2 aromatic heterocycles. The number of aryl methyl sites for hydroxylation is 1. The van der Waals surface area contributed by atoms with Gasteiger partial charge >= 0.3 is 5.97 Å². The summed E-state index contributed by atoms with van der Waals surface area (Å²) in [5.41, 5.74) is 4.09. The topological polar surface area (TPSA) is 57.0 Å². The smallest absolute Gasteiger partial charge is 0.350 e. The van der Waals surface area contributed by atoms with Crippen LogP contribution in [0, 0.1) is 0 Å². The summed E-state index contributed by atoms with van der Waals surface area (Å²) in [6.07, 6.45) is 4.09. The van der Waals surface area contributed by atoms with Gasteiger partial charge < -0.3 is 4.74 Å². The number of nitrogens with zero attached hydrogens (tertiary/aromatic N) is 3. The number of hydrogen-bond donors (Lipinski definition) is 0. The standard InChI is InChI=1S/C17H17N3O2S/c1-3-22-17(21)16-14(10-4-5-10)15(19-23-16)11-6-7-12-9-18-20(2)13(12)8-11/h6-10H,3-5H2,1-2H3. The van der Waals surface area contributed by atoms with Gasteiger partial charge in [-0.1, -0.05) is 12.1 Å². The van der Waals surface area contributed by atoms with Gasteiger partial charge in [-0.15, -0.1) is 0 Å². The molecule has 2 heterocycles. The molecule has 0 unspecified atom stereocenters. The van der Waals surface area contributed by atoms with Crippen LogP contribution in [0.25, 0.3) is 22.2 Å². The Morgan fingerprint density at radius 2 is 2.26 bits per heavy atom. The number of carbonyl (C=O) groups excluding carboxylic acids is 1. The van der Waals surface area contributed by atoms with Crippen molar-refractivity contribution in [1.82, 2.24) is 14.2 Å². The lowest BCUT2D eigenvalue weighted by atomic mass is 10.0. The molecular weight excluding hydrogens is 310 g/mol. The van der Waals surface area contributed by atoms with Crippen molar-refractivity contribution in [3.8, 4) is 11.3 Å². The van der Waals surface area contributed by atoms with E-state index in [1.165, 1.54) is 11.5 Å². The average Bonchev–Trinajstić information content (AvgIpc) is 3.19. The van der Waals surface area contributed by atoms with E-state index in [9.17, 15) is 4.79 Å². The number of carbonyl (C=O) groups is 1. The van der Waals surface area contributed by atoms with Crippen LogP contribution < -0.4 is 0 Å². The molecule has 0 amide bonds. The van der Waals surface area contributed by atoms with Crippen molar-refractivity contribution < 1.29 is 9.53 Å². The van der Waals surface area contributed by atoms with Gasteiger partial charge in [-0.05, 0) is 43.3 Å². The zero-order valence-electron chi connectivity index (χ0n) is 13.1. The third-order valence-corrected chi connectivity index (χ3v) is 5.04. The molecule has 23 heavy (non-hydrogen) atoms. The molecule has 5 nitrogen and oxygen atoms in total. The fourth-order valence-electron chi connectivity index (χ4n) is 2.89. The van der Waals surface area contributed by atoms with Crippen LogP contribution >= 0.6 is 11.5 Å². The Balaban J connectivity index is 1.83. The van der Waals surface area contributed by atoms with E-state index in [4.69, 9.17) is 4.74 Å². The first-order valence-corrected chi connectivity index (χ1v) is 8.55. The summed E-state index contributed by atoms with van der Waals surface area (Å²) in [5.74, 6) is 0.185. The zero-order valence-corrected chi connectivity index (χ0v) is 13.9. The van der Waals surface area contributed by atoms with E-state index in [1.54, 1.807) is 0 Å². The Hall–Kier alpha value is -2.21. The fraction of sp³-hybridized carbons (Fsp3) is 0.353. The second-order valence-corrected chi connectivity index (χ2v) is 6.58. The summed E-state index contributed by atoms with van der Waals surface area (Å²) >= 11 is 1.25. The largest absolute Gasteiger partial charge is 0.462 e. The average molecular weight is 327 g/mol. The van der Waals surface area contributed by atoms with Crippen molar-refractivity contribution in [3.63, 3.8) is 0 Å². The number of benzene rings is 1. The maximum Gasteiger partial charge on any atom is 0.350 e. The molecule has 0 bridgehead atoms. The van der Waals surface area contributed by atoms with Crippen LogP contribution in [0.3, 0.4) is 0 Å². The highest BCUT2D eigenvalue weighted by Crippen LogP contribution is 2.47. The zero-order chi connectivity index (χ0) is 16.0. The van der Waals surface area contributed by atoms with Crippen molar-refractivity contribution in [1.29, 1.82) is 0 Å². The summed E-state index contributed by atoms with van der Waals surface area (Å²) in [7, 11) is 1.93. The summed E-state index contributed by atoms with van der Waals surface area (Å²) in [6, 6.07) is 6.20. The van der Waals surface area contributed by atoms with Gasteiger partial charge in [0.05, 0.1) is 24.0 Å². The molecule has 0 radical (unpaired) electrons. The molecule has 118 valence electrons. The second kappa shape index (κ2) is 5.45. The Kier molecular flexibility index (Phi) is 3.41. The van der Waals surface area contributed by atoms with Crippen LogP contribution in [0.5, 0.6) is 0 Å². The molecule has 0 saturated heterocycles. The third-order valence-electron chi connectivity index (χ3n) is 4.20. The predicted octanol–water partition coefficient (Wildman–Crippen LogP) is 3.75. The summed E-state index contributed by atoms with van der Waals surface area (Å²) < 4.78 is 11.6. The number of rotatable bonds is 4. The summed E-state index contributed by atoms with van der Waals surface area (Å²) in [4.78, 5) is 12.9. The van der Waals surface area contributed by atoms with Gasteiger partial charge in [0.15, 0.2) is 0 Å². The van der Waals surface area contributed by atoms with E-state index in [1.807, 2.05) is 24.9 Å². The maximum atomic E-state index is 12.2. The van der Waals surface area contributed by atoms with E-state index in [0.717, 1.165) is 40.6 Å². The van der Waals surface area contributed by atoms with E-state index in [0.29, 0.717) is 17.4 Å². The highest BCUT2D eigenvalue weighted by atomic mass is 32.1. The first kappa shape index (κ1) is 14.4. The van der Waals surface area contributed by atoms with Gasteiger partial charge in [0, 0.05) is 23.6 Å². The quantitative estimate of drug-likeness (QED) is 0.685. The van der Waals surface area contributed by atoms with Crippen LogP contribution in [-0.2, 0) is 11.8 Å². The van der Waals surface area contributed by atoms with Crippen molar-refractivity contribution in [2.75, 3.05) is 6.61 Å². The monoisotopic (exact) mass is 327 g/mol. The molecule has 6 heteroatoms. The minimum absolute atomic E-state index is 0.250. The highest BCUT2D eigenvalue weighted by molar-refractivity contribution is 7.08. The molecule has 0 atom stereocenters. The van der Waals surface area contributed by atoms with E-state index in [-0.39, 0.29) is 5.97 Å². The van der Waals surface area contributed by atoms with Gasteiger partial charge in [-0.3, -0.25) is 4.68 Å². The minimum Gasteiger partial charge on any atom is -0.462 e. The molecule has 0 aliphatic heterocycles. The highest BCUT2D eigenvalue weighted by Gasteiger charge is 2.34.